The van der Waals surface area contributed by atoms with Gasteiger partial charge in [0.25, 0.3) is 5.91 Å². The second-order valence-electron chi connectivity index (χ2n) is 15.7. The van der Waals surface area contributed by atoms with Gasteiger partial charge in [0.05, 0.1) is 0 Å². The lowest BCUT2D eigenvalue weighted by Crippen LogP contribution is -2.36. The van der Waals surface area contributed by atoms with Crippen molar-refractivity contribution in [2.75, 3.05) is 26.2 Å². The predicted octanol–water partition coefficient (Wildman–Crippen LogP) is 10.8. The number of fused-ring (bicyclic) bond motifs is 1. The van der Waals surface area contributed by atoms with Crippen molar-refractivity contribution in [3.8, 4) is 0 Å². The topological polar surface area (TPSA) is 87.3 Å². The molecule has 1 aliphatic rings. The third kappa shape index (κ3) is 17.3. The van der Waals surface area contributed by atoms with E-state index < -0.39 is 0 Å². The highest BCUT2D eigenvalue weighted by Gasteiger charge is 2.37. The summed E-state index contributed by atoms with van der Waals surface area (Å²) in [7, 11) is 0. The highest BCUT2D eigenvalue weighted by molar-refractivity contribution is 6.07. The highest BCUT2D eigenvalue weighted by Crippen LogP contribution is 2.46. The molecule has 0 saturated heterocycles. The molecule has 0 fully saturated rings. The molecule has 2 aromatic rings. The van der Waals surface area contributed by atoms with Crippen LogP contribution in [-0.2, 0) is 15.6 Å². The molecular formula is C50H67N3O3. The summed E-state index contributed by atoms with van der Waals surface area (Å²) in [5.74, 6) is -0.142. The molecule has 2 aromatic carbocycles. The van der Waals surface area contributed by atoms with Gasteiger partial charge in [0.2, 0.25) is 5.91 Å². The molecule has 300 valence electrons. The SMILES string of the molecule is CCC=CCC=CCC=CCC=CCC=CCC=CCCC(=O)NCCNCCNC(=O)c1ccc(C=CC(=O)c2ccc3c(c2)C(C)(C)CCC3(C)C)cc1. The van der Waals surface area contributed by atoms with Gasteiger partial charge < -0.3 is 16.0 Å². The molecular weight excluding hydrogens is 691 g/mol. The molecule has 0 radical (unpaired) electrons. The number of carbonyl (C=O) groups excluding carboxylic acids is 3. The zero-order valence-corrected chi connectivity index (χ0v) is 34.7. The van der Waals surface area contributed by atoms with Crippen molar-refractivity contribution in [3.63, 3.8) is 0 Å². The van der Waals surface area contributed by atoms with E-state index in [2.05, 4.69) is 136 Å². The van der Waals surface area contributed by atoms with Crippen LogP contribution in [0.2, 0.25) is 0 Å². The predicted molar refractivity (Wildman–Crippen MR) is 237 cm³/mol. The summed E-state index contributed by atoms with van der Waals surface area (Å²) in [6.07, 6.45) is 38.8. The van der Waals surface area contributed by atoms with E-state index in [-0.39, 0.29) is 28.4 Å². The lowest BCUT2D eigenvalue weighted by molar-refractivity contribution is -0.120. The van der Waals surface area contributed by atoms with Gasteiger partial charge in [0, 0.05) is 43.7 Å². The molecule has 1 aliphatic carbocycles. The van der Waals surface area contributed by atoms with Gasteiger partial charge in [-0.2, -0.15) is 0 Å². The molecule has 0 aromatic heterocycles. The van der Waals surface area contributed by atoms with Crippen LogP contribution < -0.4 is 16.0 Å². The molecule has 0 atom stereocenters. The molecule has 3 N–H and O–H groups in total. The number of hydrogen-bond acceptors (Lipinski definition) is 4. The summed E-state index contributed by atoms with van der Waals surface area (Å²) < 4.78 is 0. The van der Waals surface area contributed by atoms with Crippen LogP contribution in [0.3, 0.4) is 0 Å². The van der Waals surface area contributed by atoms with Gasteiger partial charge in [-0.15, -0.1) is 0 Å². The van der Waals surface area contributed by atoms with Gasteiger partial charge in [0.1, 0.15) is 0 Å². The zero-order chi connectivity index (χ0) is 40.5. The van der Waals surface area contributed by atoms with E-state index in [1.54, 1.807) is 24.3 Å². The number of carbonyl (C=O) groups is 3. The first-order chi connectivity index (χ1) is 27.0. The molecule has 0 saturated carbocycles. The summed E-state index contributed by atoms with van der Waals surface area (Å²) in [6.45, 7) is 13.5. The Morgan fingerprint density at radius 3 is 1.66 bits per heavy atom. The Labute approximate surface area is 338 Å². The molecule has 0 heterocycles. The highest BCUT2D eigenvalue weighted by atomic mass is 16.2. The van der Waals surface area contributed by atoms with Crippen molar-refractivity contribution in [3.05, 3.63) is 149 Å². The van der Waals surface area contributed by atoms with Crippen molar-refractivity contribution < 1.29 is 14.4 Å². The number of rotatable bonds is 24. The van der Waals surface area contributed by atoms with Crippen LogP contribution in [0, 0.1) is 0 Å². The van der Waals surface area contributed by atoms with Crippen LogP contribution in [0.4, 0.5) is 0 Å². The molecule has 0 aliphatic heterocycles. The molecule has 6 nitrogen and oxygen atoms in total. The maximum Gasteiger partial charge on any atom is 0.251 e. The summed E-state index contributed by atoms with van der Waals surface area (Å²) in [6, 6.07) is 13.4. The number of ketones is 1. The van der Waals surface area contributed by atoms with Crippen LogP contribution in [0.1, 0.15) is 136 Å². The Kier molecular flexibility index (Phi) is 20.6. The molecule has 0 spiro atoms. The number of amides is 2. The molecule has 2 amide bonds. The lowest BCUT2D eigenvalue weighted by atomic mass is 9.63. The van der Waals surface area contributed by atoms with E-state index in [0.29, 0.717) is 43.7 Å². The summed E-state index contributed by atoms with van der Waals surface area (Å²) in [5, 5.41) is 9.10. The quantitative estimate of drug-likeness (QED) is 0.0431. The zero-order valence-electron chi connectivity index (χ0n) is 34.7. The third-order valence-electron chi connectivity index (χ3n) is 10.1. The minimum Gasteiger partial charge on any atom is -0.355 e. The average molecular weight is 758 g/mol. The fraction of sp³-hybridized carbons (Fsp3) is 0.420. The number of benzene rings is 2. The van der Waals surface area contributed by atoms with Crippen molar-refractivity contribution >= 4 is 23.7 Å². The third-order valence-corrected chi connectivity index (χ3v) is 10.1. The van der Waals surface area contributed by atoms with Crippen LogP contribution >= 0.6 is 0 Å². The first-order valence-corrected chi connectivity index (χ1v) is 20.7. The second kappa shape index (κ2) is 25.4. The Morgan fingerprint density at radius 2 is 1.09 bits per heavy atom. The van der Waals surface area contributed by atoms with Crippen molar-refractivity contribution in [2.45, 2.75) is 110 Å². The average Bonchev–Trinajstić information content (AvgIpc) is 3.19. The van der Waals surface area contributed by atoms with E-state index in [1.807, 2.05) is 18.2 Å². The van der Waals surface area contributed by atoms with Gasteiger partial charge >= 0.3 is 0 Å². The normalized spacial score (nSPS) is 15.3. The minimum atomic E-state index is -0.152. The fourth-order valence-electron chi connectivity index (χ4n) is 6.48. The fourth-order valence-corrected chi connectivity index (χ4v) is 6.48. The smallest absolute Gasteiger partial charge is 0.251 e. The molecule has 6 heteroatoms. The Balaban J connectivity index is 1.20. The van der Waals surface area contributed by atoms with Crippen molar-refractivity contribution in [1.29, 1.82) is 0 Å². The van der Waals surface area contributed by atoms with E-state index >= 15 is 0 Å². The summed E-state index contributed by atoms with van der Waals surface area (Å²) >= 11 is 0. The number of allylic oxidation sites excluding steroid dienone is 13. The lowest BCUT2D eigenvalue weighted by Gasteiger charge is -2.42. The van der Waals surface area contributed by atoms with Crippen LogP contribution in [0.25, 0.3) is 6.08 Å². The van der Waals surface area contributed by atoms with Gasteiger partial charge in [-0.25, -0.2) is 0 Å². The maximum atomic E-state index is 13.1. The standard InChI is InChI=1S/C50H67N3O3/c1-6-7-8-9-10-11-12-13-14-15-16-17-18-19-20-21-22-23-24-25-47(55)52-38-36-51-37-39-53-48(56)42-29-26-41(27-30-42)28-33-46(54)43-31-32-44-45(40-43)50(4,5)35-34-49(44,2)3/h7-8,10-11,13-14,16-17,19-20,22-23,26-33,40,51H,6,9,12,15,18,21,24-25,34-39H2,1-5H3,(H,52,55)(H,53,56). The van der Waals surface area contributed by atoms with Gasteiger partial charge in [-0.1, -0.05) is 138 Å². The van der Waals surface area contributed by atoms with E-state index in [1.165, 1.54) is 11.1 Å². The summed E-state index contributed by atoms with van der Waals surface area (Å²) in [4.78, 5) is 37.8. The van der Waals surface area contributed by atoms with Gasteiger partial charge in [-0.3, -0.25) is 14.4 Å². The monoisotopic (exact) mass is 758 g/mol. The molecule has 56 heavy (non-hydrogen) atoms. The minimum absolute atomic E-state index is 0.0261. The van der Waals surface area contributed by atoms with Gasteiger partial charge in [-0.05, 0) is 110 Å². The van der Waals surface area contributed by atoms with Crippen LogP contribution in [0.15, 0.2) is 121 Å². The first-order valence-electron chi connectivity index (χ1n) is 20.7. The summed E-state index contributed by atoms with van der Waals surface area (Å²) in [5.41, 5.74) is 4.90. The maximum absolute atomic E-state index is 13.1. The number of nitrogens with one attached hydrogen (secondary N) is 3. The largest absolute Gasteiger partial charge is 0.355 e. The van der Waals surface area contributed by atoms with Crippen LogP contribution in [-0.4, -0.2) is 43.8 Å². The second-order valence-corrected chi connectivity index (χ2v) is 15.7. The Morgan fingerprint density at radius 1 is 0.589 bits per heavy atom. The van der Waals surface area contributed by atoms with Crippen LogP contribution in [0.5, 0.6) is 0 Å². The molecule has 0 unspecified atom stereocenters. The van der Waals surface area contributed by atoms with E-state index in [0.717, 1.165) is 63.4 Å². The van der Waals surface area contributed by atoms with Gasteiger partial charge in [0.15, 0.2) is 5.78 Å². The Bertz CT molecular complexity index is 1730. The molecule has 0 bridgehead atoms. The Hall–Kier alpha value is -4.81. The van der Waals surface area contributed by atoms with Crippen molar-refractivity contribution in [1.82, 2.24) is 16.0 Å². The van der Waals surface area contributed by atoms with E-state index in [9.17, 15) is 14.4 Å². The van der Waals surface area contributed by atoms with Crippen molar-refractivity contribution in [2.24, 2.45) is 0 Å². The molecule has 3 rings (SSSR count). The van der Waals surface area contributed by atoms with E-state index in [4.69, 9.17) is 0 Å². The first kappa shape index (κ1) is 45.6. The number of hydrogen-bond donors (Lipinski definition) is 3.